The molecule has 0 spiro atoms. The highest BCUT2D eigenvalue weighted by Gasteiger charge is 2.11. The van der Waals surface area contributed by atoms with Crippen molar-refractivity contribution in [1.29, 1.82) is 0 Å². The van der Waals surface area contributed by atoms with Crippen LogP contribution in [0.2, 0.25) is 0 Å². The Hall–Kier alpha value is -1.94. The van der Waals surface area contributed by atoms with Gasteiger partial charge in [0.1, 0.15) is 5.82 Å². The van der Waals surface area contributed by atoms with E-state index in [1.165, 1.54) is 16.7 Å². The molecule has 0 bridgehead atoms. The molecule has 0 radical (unpaired) electrons. The molecule has 1 atom stereocenters. The van der Waals surface area contributed by atoms with Crippen molar-refractivity contribution in [3.8, 4) is 0 Å². The SMILES string of the molecule is CC[C@@H](NC(=S)Nc1ccc(C)cn1)c1ccc(C)c(C)c1. The van der Waals surface area contributed by atoms with Crippen LogP contribution in [0.4, 0.5) is 5.82 Å². The zero-order valence-electron chi connectivity index (χ0n) is 13.6. The summed E-state index contributed by atoms with van der Waals surface area (Å²) in [6, 6.07) is 10.7. The zero-order chi connectivity index (χ0) is 16.1. The summed E-state index contributed by atoms with van der Waals surface area (Å²) in [6.07, 6.45) is 2.79. The minimum absolute atomic E-state index is 0.199. The molecule has 3 nitrogen and oxygen atoms in total. The Balaban J connectivity index is 2.04. The predicted octanol–water partition coefficient (Wildman–Crippen LogP) is 4.44. The average Bonchev–Trinajstić information content (AvgIpc) is 2.50. The number of nitrogens with zero attached hydrogens (tertiary/aromatic N) is 1. The van der Waals surface area contributed by atoms with Gasteiger partial charge in [-0.1, -0.05) is 31.2 Å². The summed E-state index contributed by atoms with van der Waals surface area (Å²) in [4.78, 5) is 4.31. The fraction of sp³-hybridized carbons (Fsp3) is 0.333. The van der Waals surface area contributed by atoms with Gasteiger partial charge < -0.3 is 10.6 Å². The number of aryl methyl sites for hydroxylation is 3. The molecule has 1 heterocycles. The van der Waals surface area contributed by atoms with Gasteiger partial charge in [0.25, 0.3) is 0 Å². The lowest BCUT2D eigenvalue weighted by atomic mass is 9.99. The maximum Gasteiger partial charge on any atom is 0.172 e. The zero-order valence-corrected chi connectivity index (χ0v) is 14.4. The van der Waals surface area contributed by atoms with Crippen LogP contribution in [0.5, 0.6) is 0 Å². The third-order valence-corrected chi connectivity index (χ3v) is 4.02. The number of pyridine rings is 1. The minimum Gasteiger partial charge on any atom is -0.356 e. The standard InChI is InChI=1S/C18H23N3S/c1-5-16(15-8-7-13(3)14(4)10-15)20-18(22)21-17-9-6-12(2)11-19-17/h6-11,16H,5H2,1-4H3,(H2,19,20,21,22)/t16-/m1/s1. The van der Waals surface area contributed by atoms with Crippen LogP contribution in [0.3, 0.4) is 0 Å². The lowest BCUT2D eigenvalue weighted by molar-refractivity contribution is 0.628. The van der Waals surface area contributed by atoms with Crippen molar-refractivity contribution in [2.45, 2.75) is 40.2 Å². The summed E-state index contributed by atoms with van der Waals surface area (Å²) < 4.78 is 0. The summed E-state index contributed by atoms with van der Waals surface area (Å²) >= 11 is 5.41. The van der Waals surface area contributed by atoms with Gasteiger partial charge >= 0.3 is 0 Å². The van der Waals surface area contributed by atoms with E-state index in [1.807, 2.05) is 25.3 Å². The van der Waals surface area contributed by atoms with Gasteiger partial charge in [-0.05, 0) is 67.7 Å². The van der Waals surface area contributed by atoms with E-state index in [-0.39, 0.29) is 6.04 Å². The fourth-order valence-electron chi connectivity index (χ4n) is 2.25. The Morgan fingerprint density at radius 3 is 2.50 bits per heavy atom. The summed E-state index contributed by atoms with van der Waals surface area (Å²) in [7, 11) is 0. The summed E-state index contributed by atoms with van der Waals surface area (Å²) in [5.41, 5.74) is 5.00. The van der Waals surface area contributed by atoms with Crippen molar-refractivity contribution in [3.63, 3.8) is 0 Å². The molecular formula is C18H23N3S. The summed E-state index contributed by atoms with van der Waals surface area (Å²) in [5, 5.41) is 7.11. The molecule has 116 valence electrons. The molecule has 0 fully saturated rings. The van der Waals surface area contributed by atoms with E-state index < -0.39 is 0 Å². The molecule has 0 aliphatic rings. The van der Waals surface area contributed by atoms with E-state index in [0.29, 0.717) is 5.11 Å². The average molecular weight is 313 g/mol. The first-order valence-corrected chi connectivity index (χ1v) is 7.97. The van der Waals surface area contributed by atoms with E-state index in [0.717, 1.165) is 17.8 Å². The number of hydrogen-bond donors (Lipinski definition) is 2. The maximum atomic E-state index is 5.41. The monoisotopic (exact) mass is 313 g/mol. The van der Waals surface area contributed by atoms with E-state index >= 15 is 0 Å². The maximum absolute atomic E-state index is 5.41. The van der Waals surface area contributed by atoms with Gasteiger partial charge in [-0.3, -0.25) is 0 Å². The highest BCUT2D eigenvalue weighted by Crippen LogP contribution is 2.20. The molecule has 22 heavy (non-hydrogen) atoms. The van der Waals surface area contributed by atoms with Gasteiger partial charge in [0, 0.05) is 6.20 Å². The number of aromatic nitrogens is 1. The Bertz CT molecular complexity index is 650. The molecule has 0 aliphatic carbocycles. The van der Waals surface area contributed by atoms with Gasteiger partial charge in [0.2, 0.25) is 0 Å². The third kappa shape index (κ3) is 4.28. The fourth-order valence-corrected chi connectivity index (χ4v) is 2.50. The first-order chi connectivity index (χ1) is 10.5. The lowest BCUT2D eigenvalue weighted by Crippen LogP contribution is -2.32. The largest absolute Gasteiger partial charge is 0.356 e. The topological polar surface area (TPSA) is 37.0 Å². The molecule has 0 unspecified atom stereocenters. The van der Waals surface area contributed by atoms with E-state index in [4.69, 9.17) is 12.2 Å². The number of benzene rings is 1. The number of nitrogens with one attached hydrogen (secondary N) is 2. The van der Waals surface area contributed by atoms with Crippen LogP contribution in [-0.4, -0.2) is 10.1 Å². The van der Waals surface area contributed by atoms with Gasteiger partial charge in [-0.2, -0.15) is 0 Å². The third-order valence-electron chi connectivity index (χ3n) is 3.80. The molecule has 0 saturated heterocycles. The Morgan fingerprint density at radius 2 is 1.91 bits per heavy atom. The van der Waals surface area contributed by atoms with Crippen molar-refractivity contribution < 1.29 is 0 Å². The van der Waals surface area contributed by atoms with Crippen LogP contribution < -0.4 is 10.6 Å². The van der Waals surface area contributed by atoms with Gasteiger partial charge in [0.05, 0.1) is 6.04 Å². The smallest absolute Gasteiger partial charge is 0.172 e. The highest BCUT2D eigenvalue weighted by molar-refractivity contribution is 7.80. The van der Waals surface area contributed by atoms with Crippen molar-refractivity contribution in [2.75, 3.05) is 5.32 Å². The lowest BCUT2D eigenvalue weighted by Gasteiger charge is -2.20. The molecule has 2 N–H and O–H groups in total. The van der Waals surface area contributed by atoms with Crippen molar-refractivity contribution in [1.82, 2.24) is 10.3 Å². The first-order valence-electron chi connectivity index (χ1n) is 7.57. The van der Waals surface area contributed by atoms with Crippen molar-refractivity contribution in [2.24, 2.45) is 0 Å². The van der Waals surface area contributed by atoms with Crippen LogP contribution in [-0.2, 0) is 0 Å². The molecule has 2 aromatic rings. The minimum atomic E-state index is 0.199. The van der Waals surface area contributed by atoms with Gasteiger partial charge in [-0.15, -0.1) is 0 Å². The molecular weight excluding hydrogens is 290 g/mol. The summed E-state index contributed by atoms with van der Waals surface area (Å²) in [5.74, 6) is 0.762. The van der Waals surface area contributed by atoms with E-state index in [9.17, 15) is 0 Å². The van der Waals surface area contributed by atoms with Crippen LogP contribution in [0, 0.1) is 20.8 Å². The van der Waals surface area contributed by atoms with Crippen LogP contribution >= 0.6 is 12.2 Å². The van der Waals surface area contributed by atoms with Crippen LogP contribution in [0.1, 0.15) is 41.6 Å². The molecule has 0 amide bonds. The Labute approximate surface area is 138 Å². The number of hydrogen-bond acceptors (Lipinski definition) is 2. The van der Waals surface area contributed by atoms with Crippen LogP contribution in [0.25, 0.3) is 0 Å². The quantitative estimate of drug-likeness (QED) is 0.818. The Morgan fingerprint density at radius 1 is 1.14 bits per heavy atom. The second-order valence-corrected chi connectivity index (χ2v) is 6.03. The van der Waals surface area contributed by atoms with Crippen LogP contribution in [0.15, 0.2) is 36.5 Å². The van der Waals surface area contributed by atoms with Gasteiger partial charge in [0.15, 0.2) is 5.11 Å². The Kier molecular flexibility index (Phi) is 5.50. The second kappa shape index (κ2) is 7.36. The van der Waals surface area contributed by atoms with Crippen molar-refractivity contribution in [3.05, 3.63) is 58.8 Å². The molecule has 2 rings (SSSR count). The molecule has 1 aromatic carbocycles. The molecule has 4 heteroatoms. The van der Waals surface area contributed by atoms with E-state index in [2.05, 4.69) is 54.6 Å². The molecule has 1 aromatic heterocycles. The highest BCUT2D eigenvalue weighted by atomic mass is 32.1. The van der Waals surface area contributed by atoms with Gasteiger partial charge in [-0.25, -0.2) is 4.98 Å². The van der Waals surface area contributed by atoms with Crippen molar-refractivity contribution >= 4 is 23.1 Å². The predicted molar refractivity (Wildman–Crippen MR) is 97.3 cm³/mol. The second-order valence-electron chi connectivity index (χ2n) is 5.62. The number of anilines is 1. The number of thiocarbonyl (C=S) groups is 1. The van der Waals surface area contributed by atoms with E-state index in [1.54, 1.807) is 0 Å². The summed E-state index contributed by atoms with van der Waals surface area (Å²) in [6.45, 7) is 8.43. The first kappa shape index (κ1) is 16.4. The number of rotatable bonds is 4. The molecule has 0 saturated carbocycles. The normalized spacial score (nSPS) is 11.8. The molecule has 0 aliphatic heterocycles.